The molecule has 0 aliphatic rings. The second kappa shape index (κ2) is 17.9. The van der Waals surface area contributed by atoms with Crippen molar-refractivity contribution in [3.05, 3.63) is 53.4 Å². The van der Waals surface area contributed by atoms with Crippen molar-refractivity contribution in [2.45, 2.75) is 117 Å². The molecule has 2 aromatic rings. The van der Waals surface area contributed by atoms with Crippen LogP contribution in [-0.4, -0.2) is 21.0 Å². The van der Waals surface area contributed by atoms with Gasteiger partial charge >= 0.3 is 5.97 Å². The molecule has 0 spiro atoms. The maximum absolute atomic E-state index is 11.0. The fourth-order valence-corrected chi connectivity index (χ4v) is 4.48. The van der Waals surface area contributed by atoms with E-state index in [1.807, 2.05) is 24.5 Å². The molecular formula is C31H46N2O2. The minimum Gasteiger partial charge on any atom is -0.478 e. The summed E-state index contributed by atoms with van der Waals surface area (Å²) < 4.78 is 0. The van der Waals surface area contributed by atoms with Gasteiger partial charge in [-0.1, -0.05) is 103 Å². The summed E-state index contributed by atoms with van der Waals surface area (Å²) in [6, 6.07) is 6.14. The number of carboxylic acids is 1. The van der Waals surface area contributed by atoms with Crippen molar-refractivity contribution in [1.29, 1.82) is 0 Å². The molecule has 0 fully saturated rings. The van der Waals surface area contributed by atoms with Crippen LogP contribution in [0, 0.1) is 0 Å². The summed E-state index contributed by atoms with van der Waals surface area (Å²) in [5.74, 6) is -0.183. The average Bonchev–Trinajstić information content (AvgIpc) is 2.87. The molecule has 1 aromatic heterocycles. The average molecular weight is 479 g/mol. The first-order chi connectivity index (χ1) is 17.1. The van der Waals surface area contributed by atoms with Crippen LogP contribution in [0.4, 0.5) is 0 Å². The van der Waals surface area contributed by atoms with Crippen molar-refractivity contribution in [2.75, 3.05) is 0 Å². The molecule has 1 heterocycles. The van der Waals surface area contributed by atoms with Gasteiger partial charge in [0.15, 0.2) is 5.82 Å². The van der Waals surface area contributed by atoms with Crippen LogP contribution >= 0.6 is 0 Å². The van der Waals surface area contributed by atoms with Crippen LogP contribution in [0.1, 0.15) is 120 Å². The van der Waals surface area contributed by atoms with Gasteiger partial charge in [0.05, 0.1) is 0 Å². The summed E-state index contributed by atoms with van der Waals surface area (Å²) in [7, 11) is 0. The van der Waals surface area contributed by atoms with E-state index < -0.39 is 5.97 Å². The molecule has 2 rings (SSSR count). The van der Waals surface area contributed by atoms with Crippen LogP contribution in [0.2, 0.25) is 0 Å². The summed E-state index contributed by atoms with van der Waals surface area (Å²) >= 11 is 0. The lowest BCUT2D eigenvalue weighted by molar-refractivity contribution is -0.131. The van der Waals surface area contributed by atoms with E-state index in [1.54, 1.807) is 6.08 Å². The van der Waals surface area contributed by atoms with Crippen molar-refractivity contribution < 1.29 is 9.90 Å². The molecule has 0 radical (unpaired) electrons. The van der Waals surface area contributed by atoms with E-state index in [9.17, 15) is 4.79 Å². The summed E-state index contributed by atoms with van der Waals surface area (Å²) in [6.45, 7) is 4.50. The highest BCUT2D eigenvalue weighted by Crippen LogP contribution is 2.23. The highest BCUT2D eigenvalue weighted by molar-refractivity contribution is 5.85. The summed E-state index contributed by atoms with van der Waals surface area (Å²) in [6.07, 6.45) is 26.8. The van der Waals surface area contributed by atoms with E-state index in [0.29, 0.717) is 0 Å². The van der Waals surface area contributed by atoms with E-state index in [4.69, 9.17) is 5.11 Å². The molecule has 4 nitrogen and oxygen atoms in total. The summed E-state index contributed by atoms with van der Waals surface area (Å²) in [5, 5.41) is 9.05. The maximum Gasteiger partial charge on any atom is 0.328 e. The number of benzene rings is 1. The predicted octanol–water partition coefficient (Wildman–Crippen LogP) is 8.83. The van der Waals surface area contributed by atoms with Crippen LogP contribution in [0.25, 0.3) is 17.5 Å². The Morgan fingerprint density at radius 2 is 1.31 bits per heavy atom. The zero-order chi connectivity index (χ0) is 25.1. The number of aryl methyl sites for hydroxylation is 2. The molecule has 0 aliphatic heterocycles. The largest absolute Gasteiger partial charge is 0.478 e. The Morgan fingerprint density at radius 3 is 1.89 bits per heavy atom. The third kappa shape index (κ3) is 12.2. The molecule has 4 heteroatoms. The van der Waals surface area contributed by atoms with Gasteiger partial charge in [-0.25, -0.2) is 14.8 Å². The Labute approximate surface area is 213 Å². The highest BCUT2D eigenvalue weighted by atomic mass is 16.4. The minimum atomic E-state index is -0.921. The van der Waals surface area contributed by atoms with Gasteiger partial charge in [0, 0.05) is 24.0 Å². The van der Waals surface area contributed by atoms with E-state index >= 15 is 0 Å². The quantitative estimate of drug-likeness (QED) is 0.162. The second-order valence-electron chi connectivity index (χ2n) is 9.74. The van der Waals surface area contributed by atoms with E-state index in [0.717, 1.165) is 36.2 Å². The predicted molar refractivity (Wildman–Crippen MR) is 148 cm³/mol. The fraction of sp³-hybridized carbons (Fsp3) is 0.581. The maximum atomic E-state index is 11.0. The number of hydrogen-bond acceptors (Lipinski definition) is 3. The second-order valence-corrected chi connectivity index (χ2v) is 9.74. The van der Waals surface area contributed by atoms with Crippen molar-refractivity contribution >= 4 is 12.0 Å². The normalized spacial score (nSPS) is 11.4. The number of rotatable bonds is 19. The number of unbranched alkanes of at least 4 members (excludes halogenated alkanes) is 12. The molecular weight excluding hydrogens is 432 g/mol. The molecule has 0 aliphatic carbocycles. The number of aliphatic carboxylic acids is 1. The topological polar surface area (TPSA) is 63.1 Å². The third-order valence-corrected chi connectivity index (χ3v) is 6.63. The zero-order valence-corrected chi connectivity index (χ0v) is 22.1. The third-order valence-electron chi connectivity index (χ3n) is 6.63. The molecule has 0 saturated heterocycles. The minimum absolute atomic E-state index is 0.739. The van der Waals surface area contributed by atoms with Gasteiger partial charge in [-0.3, -0.25) is 0 Å². The van der Waals surface area contributed by atoms with E-state index in [1.165, 1.54) is 101 Å². The van der Waals surface area contributed by atoms with Gasteiger partial charge in [-0.15, -0.1) is 0 Å². The van der Waals surface area contributed by atoms with Crippen LogP contribution in [0.15, 0.2) is 36.7 Å². The van der Waals surface area contributed by atoms with Crippen LogP contribution in [-0.2, 0) is 17.6 Å². The van der Waals surface area contributed by atoms with Crippen LogP contribution < -0.4 is 0 Å². The molecule has 35 heavy (non-hydrogen) atoms. The number of nitrogens with zero attached hydrogens (tertiary/aromatic N) is 2. The zero-order valence-electron chi connectivity index (χ0n) is 22.1. The lowest BCUT2D eigenvalue weighted by atomic mass is 9.97. The van der Waals surface area contributed by atoms with Gasteiger partial charge < -0.3 is 5.11 Å². The van der Waals surface area contributed by atoms with Gasteiger partial charge in [-0.05, 0) is 54.5 Å². The Hall–Kier alpha value is -2.49. The Balaban J connectivity index is 1.92. The van der Waals surface area contributed by atoms with E-state index in [-0.39, 0.29) is 0 Å². The SMILES string of the molecule is CCCCCCCCCCc1cnc(-c2ccc(/C=C/C(=O)O)c(CCCCCCCC)c2)nc1. The first-order valence-electron chi connectivity index (χ1n) is 14.0. The molecule has 0 amide bonds. The number of aromatic nitrogens is 2. The number of carbonyl (C=O) groups is 1. The van der Waals surface area contributed by atoms with Crippen molar-refractivity contribution in [1.82, 2.24) is 9.97 Å². The summed E-state index contributed by atoms with van der Waals surface area (Å²) in [4.78, 5) is 20.3. The standard InChI is InChI=1S/C31H46N2O2/c1-3-5-7-9-11-12-13-15-17-26-24-32-31(33-25-26)29-20-19-27(21-22-30(34)35)28(23-29)18-16-14-10-8-6-4-2/h19-25H,3-18H2,1-2H3,(H,34,35)/b22-21+. The van der Waals surface area contributed by atoms with Gasteiger partial charge in [-0.2, -0.15) is 0 Å². The van der Waals surface area contributed by atoms with E-state index in [2.05, 4.69) is 29.9 Å². The smallest absolute Gasteiger partial charge is 0.328 e. The lowest BCUT2D eigenvalue weighted by Crippen LogP contribution is -1.97. The fourth-order valence-electron chi connectivity index (χ4n) is 4.48. The molecule has 0 unspecified atom stereocenters. The molecule has 0 saturated carbocycles. The van der Waals surface area contributed by atoms with Crippen molar-refractivity contribution in [2.24, 2.45) is 0 Å². The number of carboxylic acid groups (broad SMARTS) is 1. The first-order valence-corrected chi connectivity index (χ1v) is 14.0. The first kappa shape index (κ1) is 28.7. The van der Waals surface area contributed by atoms with Gasteiger partial charge in [0.2, 0.25) is 0 Å². The Kier molecular flexibility index (Phi) is 14.7. The summed E-state index contributed by atoms with van der Waals surface area (Å²) in [5.41, 5.74) is 4.34. The van der Waals surface area contributed by atoms with Crippen LogP contribution in [0.5, 0.6) is 0 Å². The molecule has 1 N–H and O–H groups in total. The molecule has 192 valence electrons. The highest BCUT2D eigenvalue weighted by Gasteiger charge is 2.07. The van der Waals surface area contributed by atoms with Crippen molar-refractivity contribution in [3.8, 4) is 11.4 Å². The van der Waals surface area contributed by atoms with Gasteiger partial charge in [0.1, 0.15) is 0 Å². The monoisotopic (exact) mass is 478 g/mol. The molecule has 1 aromatic carbocycles. The number of hydrogen-bond donors (Lipinski definition) is 1. The van der Waals surface area contributed by atoms with Crippen LogP contribution in [0.3, 0.4) is 0 Å². The molecule has 0 atom stereocenters. The lowest BCUT2D eigenvalue weighted by Gasteiger charge is -2.10. The van der Waals surface area contributed by atoms with Crippen molar-refractivity contribution in [3.63, 3.8) is 0 Å². The Morgan fingerprint density at radius 1 is 0.771 bits per heavy atom. The molecule has 0 bridgehead atoms. The Bertz CT molecular complexity index is 874. The van der Waals surface area contributed by atoms with Gasteiger partial charge in [0.25, 0.3) is 0 Å².